The second-order valence-corrected chi connectivity index (χ2v) is 6.69. The molecule has 0 aromatic heterocycles. The van der Waals surface area contributed by atoms with Crippen LogP contribution in [0.15, 0.2) is 0 Å². The van der Waals surface area contributed by atoms with Crippen LogP contribution in [0.3, 0.4) is 0 Å². The number of amides is 1. The summed E-state index contributed by atoms with van der Waals surface area (Å²) in [4.78, 5) is 14.0. The van der Waals surface area contributed by atoms with Gasteiger partial charge in [-0.15, -0.1) is 0 Å². The zero-order valence-corrected chi connectivity index (χ0v) is 13.8. The molecule has 0 heterocycles. The maximum atomic E-state index is 11.6. The first-order valence-corrected chi connectivity index (χ1v) is 7.34. The normalized spacial score (nSPS) is 15.8. The van der Waals surface area contributed by atoms with Crippen LogP contribution in [0.1, 0.15) is 60.8 Å². The molecule has 0 radical (unpaired) electrons. The Morgan fingerprint density at radius 2 is 1.84 bits per heavy atom. The van der Waals surface area contributed by atoms with Gasteiger partial charge in [-0.1, -0.05) is 6.92 Å². The van der Waals surface area contributed by atoms with E-state index in [1.807, 2.05) is 20.8 Å². The molecule has 0 spiro atoms. The monoisotopic (exact) mass is 271 g/mol. The fourth-order valence-electron chi connectivity index (χ4n) is 2.15. The molecular formula is C15H33N3O. The van der Waals surface area contributed by atoms with Crippen LogP contribution in [0.4, 0.5) is 0 Å². The molecule has 0 aliphatic heterocycles. The number of carbonyl (C=O) groups is 1. The van der Waals surface area contributed by atoms with Gasteiger partial charge in [-0.2, -0.15) is 0 Å². The number of primary amides is 1. The van der Waals surface area contributed by atoms with Crippen molar-refractivity contribution in [2.45, 2.75) is 77.9 Å². The van der Waals surface area contributed by atoms with E-state index in [0.29, 0.717) is 0 Å². The molecule has 0 saturated carbocycles. The molecule has 4 heteroatoms. The third kappa shape index (κ3) is 5.91. The van der Waals surface area contributed by atoms with Gasteiger partial charge >= 0.3 is 0 Å². The molecular weight excluding hydrogens is 238 g/mol. The van der Waals surface area contributed by atoms with Crippen molar-refractivity contribution in [3.8, 4) is 0 Å². The minimum Gasteiger partial charge on any atom is -0.368 e. The summed E-state index contributed by atoms with van der Waals surface area (Å²) in [5.41, 5.74) is 5.13. The third-order valence-corrected chi connectivity index (χ3v) is 4.22. The highest BCUT2D eigenvalue weighted by Crippen LogP contribution is 2.19. The van der Waals surface area contributed by atoms with Crippen molar-refractivity contribution in [1.82, 2.24) is 10.2 Å². The van der Waals surface area contributed by atoms with Crippen molar-refractivity contribution in [2.24, 2.45) is 5.73 Å². The molecule has 0 aromatic rings. The number of hydrogen-bond acceptors (Lipinski definition) is 3. The van der Waals surface area contributed by atoms with Crippen LogP contribution >= 0.6 is 0 Å². The van der Waals surface area contributed by atoms with E-state index in [1.54, 1.807) is 0 Å². The largest absolute Gasteiger partial charge is 0.368 e. The molecule has 4 nitrogen and oxygen atoms in total. The zero-order chi connectivity index (χ0) is 15.3. The van der Waals surface area contributed by atoms with Crippen LogP contribution in [-0.2, 0) is 4.79 Å². The van der Waals surface area contributed by atoms with Crippen molar-refractivity contribution in [3.63, 3.8) is 0 Å². The zero-order valence-electron chi connectivity index (χ0n) is 13.8. The second-order valence-electron chi connectivity index (χ2n) is 6.69. The van der Waals surface area contributed by atoms with E-state index in [4.69, 9.17) is 5.73 Å². The molecule has 1 amide bonds. The lowest BCUT2D eigenvalue weighted by Gasteiger charge is -2.36. The van der Waals surface area contributed by atoms with E-state index in [2.05, 4.69) is 38.0 Å². The quantitative estimate of drug-likeness (QED) is 0.675. The van der Waals surface area contributed by atoms with Gasteiger partial charge in [0.2, 0.25) is 5.91 Å². The molecule has 0 rings (SSSR count). The number of carbonyl (C=O) groups excluding carboxylic acids is 1. The summed E-state index contributed by atoms with van der Waals surface area (Å²) in [5, 5.41) is 3.29. The molecule has 0 saturated heterocycles. The Morgan fingerprint density at radius 1 is 1.32 bits per heavy atom. The maximum absolute atomic E-state index is 11.6. The maximum Gasteiger partial charge on any atom is 0.237 e. The van der Waals surface area contributed by atoms with Crippen LogP contribution in [0.2, 0.25) is 0 Å². The molecule has 1 atom stereocenters. The smallest absolute Gasteiger partial charge is 0.237 e. The summed E-state index contributed by atoms with van der Waals surface area (Å²) in [6.07, 6.45) is 2.84. The fraction of sp³-hybridized carbons (Fsp3) is 0.933. The Hall–Kier alpha value is -0.610. The standard InChI is InChI=1S/C15H33N3O/c1-8-14(4,5)18(7)11-9-10-15(6,13(16)19)17-12(2)3/h12,17H,8-11H2,1-7H3,(H2,16,19). The predicted octanol–water partition coefficient (Wildman–Crippen LogP) is 2.13. The van der Waals surface area contributed by atoms with E-state index in [-0.39, 0.29) is 17.5 Å². The summed E-state index contributed by atoms with van der Waals surface area (Å²) in [5.74, 6) is -0.265. The molecule has 19 heavy (non-hydrogen) atoms. The fourth-order valence-corrected chi connectivity index (χ4v) is 2.15. The Morgan fingerprint density at radius 3 is 2.21 bits per heavy atom. The van der Waals surface area contributed by atoms with Gasteiger partial charge in [0.1, 0.15) is 0 Å². The van der Waals surface area contributed by atoms with Crippen molar-refractivity contribution in [1.29, 1.82) is 0 Å². The topological polar surface area (TPSA) is 58.4 Å². The molecule has 0 aliphatic carbocycles. The minimum atomic E-state index is -0.606. The number of nitrogens with one attached hydrogen (secondary N) is 1. The van der Waals surface area contributed by atoms with Gasteiger partial charge in [0.05, 0.1) is 5.54 Å². The molecule has 0 aliphatic rings. The van der Waals surface area contributed by atoms with Gasteiger partial charge < -0.3 is 16.0 Å². The van der Waals surface area contributed by atoms with E-state index in [1.165, 1.54) is 0 Å². The number of nitrogens with two attached hydrogens (primary N) is 1. The summed E-state index contributed by atoms with van der Waals surface area (Å²) in [7, 11) is 2.14. The molecule has 114 valence electrons. The van der Waals surface area contributed by atoms with E-state index in [0.717, 1.165) is 25.8 Å². The summed E-state index contributed by atoms with van der Waals surface area (Å²) in [6.45, 7) is 13.6. The van der Waals surface area contributed by atoms with Gasteiger partial charge in [-0.05, 0) is 67.5 Å². The molecule has 0 aromatic carbocycles. The van der Waals surface area contributed by atoms with Crippen molar-refractivity contribution in [3.05, 3.63) is 0 Å². The SMILES string of the molecule is CCC(C)(C)N(C)CCCC(C)(NC(C)C)C(N)=O. The average Bonchev–Trinajstić information content (AvgIpc) is 2.27. The Labute approximate surface area is 119 Å². The lowest BCUT2D eigenvalue weighted by molar-refractivity contribution is -0.124. The number of nitrogens with zero attached hydrogens (tertiary/aromatic N) is 1. The van der Waals surface area contributed by atoms with E-state index in [9.17, 15) is 4.79 Å². The van der Waals surface area contributed by atoms with Gasteiger partial charge in [-0.25, -0.2) is 0 Å². The van der Waals surface area contributed by atoms with Gasteiger partial charge in [0, 0.05) is 11.6 Å². The Bertz CT molecular complexity index is 289. The Balaban J connectivity index is 4.40. The highest BCUT2D eigenvalue weighted by atomic mass is 16.1. The highest BCUT2D eigenvalue weighted by molar-refractivity contribution is 5.84. The van der Waals surface area contributed by atoms with Crippen LogP contribution in [0.25, 0.3) is 0 Å². The number of rotatable bonds is 9. The summed E-state index contributed by atoms with van der Waals surface area (Å²) in [6, 6.07) is 0.252. The first-order chi connectivity index (χ1) is 8.55. The minimum absolute atomic E-state index is 0.203. The molecule has 3 N–H and O–H groups in total. The van der Waals surface area contributed by atoms with Gasteiger partial charge in [0.25, 0.3) is 0 Å². The summed E-state index contributed by atoms with van der Waals surface area (Å²) >= 11 is 0. The Kier molecular flexibility index (Phi) is 7.01. The van der Waals surface area contributed by atoms with Crippen molar-refractivity contribution in [2.75, 3.05) is 13.6 Å². The molecule has 0 bridgehead atoms. The summed E-state index contributed by atoms with van der Waals surface area (Å²) < 4.78 is 0. The van der Waals surface area contributed by atoms with Gasteiger partial charge in [0.15, 0.2) is 0 Å². The average molecular weight is 271 g/mol. The third-order valence-electron chi connectivity index (χ3n) is 4.22. The first-order valence-electron chi connectivity index (χ1n) is 7.34. The lowest BCUT2D eigenvalue weighted by Crippen LogP contribution is -2.55. The van der Waals surface area contributed by atoms with Crippen LogP contribution in [0.5, 0.6) is 0 Å². The first kappa shape index (κ1) is 18.4. The highest BCUT2D eigenvalue weighted by Gasteiger charge is 2.31. The second kappa shape index (κ2) is 7.25. The molecule has 0 fully saturated rings. The van der Waals surface area contributed by atoms with Crippen molar-refractivity contribution < 1.29 is 4.79 Å². The van der Waals surface area contributed by atoms with Crippen molar-refractivity contribution >= 4 is 5.91 Å². The van der Waals surface area contributed by atoms with E-state index < -0.39 is 5.54 Å². The van der Waals surface area contributed by atoms with E-state index >= 15 is 0 Å². The van der Waals surface area contributed by atoms with Crippen LogP contribution in [-0.4, -0.2) is 41.5 Å². The van der Waals surface area contributed by atoms with Crippen LogP contribution in [0, 0.1) is 0 Å². The lowest BCUT2D eigenvalue weighted by atomic mass is 9.93. The number of hydrogen-bond donors (Lipinski definition) is 2. The molecule has 1 unspecified atom stereocenters. The predicted molar refractivity (Wildman–Crippen MR) is 82.1 cm³/mol. The van der Waals surface area contributed by atoms with Gasteiger partial charge in [-0.3, -0.25) is 4.79 Å². The van der Waals surface area contributed by atoms with Crippen LogP contribution < -0.4 is 11.1 Å².